The lowest BCUT2D eigenvalue weighted by Crippen LogP contribution is -2.13. The van der Waals surface area contributed by atoms with Gasteiger partial charge in [0.1, 0.15) is 11.4 Å². The molecule has 0 fully saturated rings. The highest BCUT2D eigenvalue weighted by Gasteiger charge is 2.21. The first kappa shape index (κ1) is 19.7. The van der Waals surface area contributed by atoms with E-state index in [0.29, 0.717) is 33.2 Å². The molecule has 0 aliphatic heterocycles. The summed E-state index contributed by atoms with van der Waals surface area (Å²) in [5.74, 6) is -0.564. The van der Waals surface area contributed by atoms with Crippen molar-refractivity contribution in [1.82, 2.24) is 9.97 Å². The number of halogens is 2. The Balaban J connectivity index is 1.84. The number of para-hydroxylation sites is 1. The molecule has 0 aliphatic rings. The van der Waals surface area contributed by atoms with E-state index < -0.39 is 12.5 Å². The van der Waals surface area contributed by atoms with Crippen molar-refractivity contribution in [1.29, 1.82) is 0 Å². The minimum Gasteiger partial charge on any atom is -0.434 e. The molecular formula is C19H17F2N3O3S. The molecule has 0 spiro atoms. The number of anilines is 1. The Bertz CT molecular complexity index is 1040. The van der Waals surface area contributed by atoms with Gasteiger partial charge in [-0.15, -0.1) is 11.3 Å². The largest absolute Gasteiger partial charge is 0.434 e. The number of alkyl halides is 2. The van der Waals surface area contributed by atoms with Gasteiger partial charge in [-0.3, -0.25) is 14.9 Å². The van der Waals surface area contributed by atoms with Crippen LogP contribution in [0.15, 0.2) is 29.6 Å². The summed E-state index contributed by atoms with van der Waals surface area (Å²) in [4.78, 5) is 31.5. The molecule has 1 aromatic carbocycles. The Kier molecular flexibility index (Phi) is 5.55. The van der Waals surface area contributed by atoms with E-state index in [1.807, 2.05) is 0 Å². The molecule has 2 N–H and O–H groups in total. The second-order valence-electron chi connectivity index (χ2n) is 6.05. The Morgan fingerprint density at radius 2 is 1.96 bits per heavy atom. The van der Waals surface area contributed by atoms with E-state index >= 15 is 0 Å². The van der Waals surface area contributed by atoms with Crippen molar-refractivity contribution in [3.05, 3.63) is 52.2 Å². The highest BCUT2D eigenvalue weighted by molar-refractivity contribution is 7.14. The minimum absolute atomic E-state index is 0.00242. The number of ketones is 1. The molecule has 0 atom stereocenters. The number of ether oxygens (including phenoxy) is 1. The van der Waals surface area contributed by atoms with Crippen LogP contribution in [0.4, 0.5) is 13.9 Å². The minimum atomic E-state index is -2.95. The third-order valence-electron chi connectivity index (χ3n) is 4.12. The fourth-order valence-corrected chi connectivity index (χ4v) is 3.70. The van der Waals surface area contributed by atoms with Crippen LogP contribution in [0.25, 0.3) is 11.3 Å². The van der Waals surface area contributed by atoms with Gasteiger partial charge >= 0.3 is 6.61 Å². The third-order valence-corrected chi connectivity index (χ3v) is 4.88. The zero-order valence-electron chi connectivity index (χ0n) is 15.3. The summed E-state index contributed by atoms with van der Waals surface area (Å²) < 4.78 is 29.7. The van der Waals surface area contributed by atoms with Crippen LogP contribution in [0.5, 0.6) is 5.75 Å². The van der Waals surface area contributed by atoms with Crippen molar-refractivity contribution in [2.75, 3.05) is 5.32 Å². The number of thiazole rings is 1. The molecule has 146 valence electrons. The van der Waals surface area contributed by atoms with E-state index in [9.17, 15) is 18.4 Å². The molecule has 1 amide bonds. The number of Topliss-reactive ketones (excluding diaryl/α,β-unsaturated/α-hetero) is 1. The van der Waals surface area contributed by atoms with Gasteiger partial charge in [0.2, 0.25) is 0 Å². The number of nitrogens with one attached hydrogen (secondary N) is 2. The molecule has 28 heavy (non-hydrogen) atoms. The van der Waals surface area contributed by atoms with E-state index in [0.717, 1.165) is 11.3 Å². The number of hydrogen-bond acceptors (Lipinski definition) is 5. The molecule has 0 aliphatic carbocycles. The predicted octanol–water partition coefficient (Wildman–Crippen LogP) is 4.81. The quantitative estimate of drug-likeness (QED) is 0.577. The monoisotopic (exact) mass is 405 g/mol. The summed E-state index contributed by atoms with van der Waals surface area (Å²) in [6, 6.07) is 6.29. The third kappa shape index (κ3) is 3.94. The number of benzene rings is 1. The van der Waals surface area contributed by atoms with Crippen molar-refractivity contribution < 1.29 is 23.1 Å². The summed E-state index contributed by atoms with van der Waals surface area (Å²) in [7, 11) is 0. The predicted molar refractivity (Wildman–Crippen MR) is 102 cm³/mol. The number of amides is 1. The lowest BCUT2D eigenvalue weighted by molar-refractivity contribution is -0.0494. The first-order valence-corrected chi connectivity index (χ1v) is 9.17. The van der Waals surface area contributed by atoms with Gasteiger partial charge in [0.15, 0.2) is 10.9 Å². The highest BCUT2D eigenvalue weighted by atomic mass is 32.1. The number of hydrogen-bond donors (Lipinski definition) is 2. The molecule has 3 rings (SSSR count). The first-order valence-electron chi connectivity index (χ1n) is 8.29. The van der Waals surface area contributed by atoms with E-state index in [4.69, 9.17) is 0 Å². The molecule has 2 heterocycles. The normalized spacial score (nSPS) is 10.9. The van der Waals surface area contributed by atoms with Gasteiger partial charge in [-0.25, -0.2) is 4.98 Å². The lowest BCUT2D eigenvalue weighted by atomic mass is 10.1. The molecule has 9 heteroatoms. The van der Waals surface area contributed by atoms with E-state index in [-0.39, 0.29) is 17.2 Å². The molecule has 0 bridgehead atoms. The van der Waals surface area contributed by atoms with Crippen LogP contribution in [0.2, 0.25) is 0 Å². The van der Waals surface area contributed by atoms with Crippen molar-refractivity contribution >= 4 is 28.2 Å². The van der Waals surface area contributed by atoms with Crippen LogP contribution < -0.4 is 10.1 Å². The average molecular weight is 405 g/mol. The Hall–Kier alpha value is -3.07. The van der Waals surface area contributed by atoms with Crippen molar-refractivity contribution in [3.8, 4) is 17.0 Å². The number of carbonyl (C=O) groups is 2. The smallest absolute Gasteiger partial charge is 0.387 e. The molecule has 6 nitrogen and oxygen atoms in total. The first-order chi connectivity index (χ1) is 13.3. The van der Waals surface area contributed by atoms with Crippen LogP contribution in [0, 0.1) is 13.8 Å². The van der Waals surface area contributed by atoms with Gasteiger partial charge in [0, 0.05) is 22.2 Å². The number of aromatic nitrogens is 2. The average Bonchev–Trinajstić information content (AvgIpc) is 3.19. The zero-order chi connectivity index (χ0) is 20.4. The van der Waals surface area contributed by atoms with Crippen molar-refractivity contribution in [2.24, 2.45) is 0 Å². The Morgan fingerprint density at radius 1 is 1.25 bits per heavy atom. The lowest BCUT2D eigenvalue weighted by Gasteiger charge is -2.08. The summed E-state index contributed by atoms with van der Waals surface area (Å²) in [5.41, 5.74) is 2.75. The van der Waals surface area contributed by atoms with Gasteiger partial charge in [0.05, 0.1) is 5.69 Å². The number of aromatic amines is 1. The molecule has 0 unspecified atom stereocenters. The second kappa shape index (κ2) is 7.89. The molecular weight excluding hydrogens is 388 g/mol. The standard InChI is InChI=1S/C19H17F2N3O3S/c1-9-15(11(3)25)10(2)22-16(9)17(26)24-19-23-13(8-28-19)12-6-4-5-7-14(12)27-18(20)21/h4-8,18,22H,1-3H3,(H,23,24,26). The van der Waals surface area contributed by atoms with Crippen LogP contribution in [0.1, 0.15) is 39.0 Å². The van der Waals surface area contributed by atoms with Crippen LogP contribution in [0.3, 0.4) is 0 Å². The Labute approximate surface area is 163 Å². The molecule has 0 saturated heterocycles. The molecule has 3 aromatic rings. The summed E-state index contributed by atoms with van der Waals surface area (Å²) in [5, 5.41) is 4.60. The topological polar surface area (TPSA) is 84.1 Å². The number of carbonyl (C=O) groups excluding carboxylic acids is 2. The fraction of sp³-hybridized carbons (Fsp3) is 0.211. The van der Waals surface area contributed by atoms with Crippen molar-refractivity contribution in [3.63, 3.8) is 0 Å². The molecule has 0 radical (unpaired) electrons. The maximum absolute atomic E-state index is 12.6. The van der Waals surface area contributed by atoms with Crippen LogP contribution in [-0.2, 0) is 0 Å². The van der Waals surface area contributed by atoms with Crippen LogP contribution in [-0.4, -0.2) is 28.3 Å². The summed E-state index contributed by atoms with van der Waals surface area (Å²) in [6.07, 6.45) is 0. The number of H-pyrrole nitrogens is 1. The SMILES string of the molecule is CC(=O)c1c(C)[nH]c(C(=O)Nc2nc(-c3ccccc3OC(F)F)cs2)c1C. The maximum atomic E-state index is 12.6. The van der Waals surface area contributed by atoms with Gasteiger partial charge < -0.3 is 9.72 Å². The molecule has 0 saturated carbocycles. The van der Waals surface area contributed by atoms with E-state index in [1.54, 1.807) is 37.4 Å². The fourth-order valence-electron chi connectivity index (χ4n) is 3.00. The van der Waals surface area contributed by atoms with Gasteiger partial charge in [-0.05, 0) is 38.5 Å². The van der Waals surface area contributed by atoms with Gasteiger partial charge in [-0.1, -0.05) is 12.1 Å². The zero-order valence-corrected chi connectivity index (χ0v) is 16.1. The van der Waals surface area contributed by atoms with E-state index in [2.05, 4.69) is 20.0 Å². The maximum Gasteiger partial charge on any atom is 0.387 e. The second-order valence-corrected chi connectivity index (χ2v) is 6.91. The summed E-state index contributed by atoms with van der Waals surface area (Å²) in [6.45, 7) is 1.91. The summed E-state index contributed by atoms with van der Waals surface area (Å²) >= 11 is 1.15. The van der Waals surface area contributed by atoms with E-state index in [1.165, 1.54) is 13.0 Å². The number of rotatable bonds is 6. The van der Waals surface area contributed by atoms with Crippen molar-refractivity contribution in [2.45, 2.75) is 27.4 Å². The van der Waals surface area contributed by atoms with Crippen LogP contribution >= 0.6 is 11.3 Å². The highest BCUT2D eigenvalue weighted by Crippen LogP contribution is 2.33. The number of nitrogens with zero attached hydrogens (tertiary/aromatic N) is 1. The van der Waals surface area contributed by atoms with Gasteiger partial charge in [0.25, 0.3) is 5.91 Å². The number of aryl methyl sites for hydroxylation is 1. The van der Waals surface area contributed by atoms with Gasteiger partial charge in [-0.2, -0.15) is 8.78 Å². The molecule has 2 aromatic heterocycles. The Morgan fingerprint density at radius 3 is 2.61 bits per heavy atom.